The van der Waals surface area contributed by atoms with Gasteiger partial charge >= 0.3 is 12.4 Å². The number of carbonyl (C=O) groups is 1. The SMILES string of the molecule is CCn1nc(C(F)(F)F)cc1C(=O)Nc1cccc(C(F)(F)F)c1. The standard InChI is InChI=1S/C14H11F6N3O/c1-2-23-10(7-11(22-23)14(18,19)20)12(24)21-9-5-3-4-8(6-9)13(15,16)17/h3-7H,2H2,1H3,(H,21,24). The summed E-state index contributed by atoms with van der Waals surface area (Å²) < 4.78 is 76.7. The van der Waals surface area contributed by atoms with Gasteiger partial charge < -0.3 is 5.32 Å². The van der Waals surface area contributed by atoms with Crippen LogP contribution in [0.1, 0.15) is 28.7 Å². The number of aromatic nitrogens is 2. The van der Waals surface area contributed by atoms with Crippen LogP contribution in [-0.4, -0.2) is 15.7 Å². The monoisotopic (exact) mass is 351 g/mol. The van der Waals surface area contributed by atoms with Crippen molar-refractivity contribution < 1.29 is 31.1 Å². The molecule has 1 aromatic heterocycles. The van der Waals surface area contributed by atoms with E-state index in [0.717, 1.165) is 16.8 Å². The fraction of sp³-hybridized carbons (Fsp3) is 0.286. The lowest BCUT2D eigenvalue weighted by Gasteiger charge is -2.10. The number of alkyl halides is 6. The Hall–Kier alpha value is -2.52. The van der Waals surface area contributed by atoms with E-state index in [9.17, 15) is 31.1 Å². The molecule has 0 unspecified atom stereocenters. The summed E-state index contributed by atoms with van der Waals surface area (Å²) in [5.41, 5.74) is -2.83. The van der Waals surface area contributed by atoms with Gasteiger partial charge in [0, 0.05) is 18.3 Å². The predicted molar refractivity (Wildman–Crippen MR) is 72.3 cm³/mol. The number of hydrogen-bond donors (Lipinski definition) is 1. The van der Waals surface area contributed by atoms with Gasteiger partial charge in [-0.2, -0.15) is 31.4 Å². The number of aryl methyl sites for hydroxylation is 1. The van der Waals surface area contributed by atoms with Crippen LogP contribution in [0.4, 0.5) is 32.0 Å². The average molecular weight is 351 g/mol. The first-order chi connectivity index (χ1) is 11.0. The molecule has 0 aliphatic carbocycles. The van der Waals surface area contributed by atoms with Crippen molar-refractivity contribution in [3.8, 4) is 0 Å². The van der Waals surface area contributed by atoms with E-state index in [1.807, 2.05) is 0 Å². The first-order valence-corrected chi connectivity index (χ1v) is 6.66. The quantitative estimate of drug-likeness (QED) is 0.843. The number of anilines is 1. The zero-order chi connectivity index (χ0) is 18.1. The zero-order valence-corrected chi connectivity index (χ0v) is 12.2. The van der Waals surface area contributed by atoms with Crippen LogP contribution in [0.15, 0.2) is 30.3 Å². The van der Waals surface area contributed by atoms with Crippen molar-refractivity contribution in [1.29, 1.82) is 0 Å². The number of nitrogens with one attached hydrogen (secondary N) is 1. The van der Waals surface area contributed by atoms with Crippen LogP contribution in [0.5, 0.6) is 0 Å². The van der Waals surface area contributed by atoms with E-state index in [1.54, 1.807) is 0 Å². The third-order valence-corrected chi connectivity index (χ3v) is 3.05. The van der Waals surface area contributed by atoms with Crippen molar-refractivity contribution >= 4 is 11.6 Å². The highest BCUT2D eigenvalue weighted by atomic mass is 19.4. The molecule has 1 amide bonds. The molecule has 0 aliphatic heterocycles. The summed E-state index contributed by atoms with van der Waals surface area (Å²) in [4.78, 5) is 12.1. The maximum absolute atomic E-state index is 12.7. The van der Waals surface area contributed by atoms with E-state index in [-0.39, 0.29) is 12.2 Å². The Morgan fingerprint density at radius 3 is 2.33 bits per heavy atom. The Bertz CT molecular complexity index is 748. The molecule has 130 valence electrons. The number of halogens is 6. The van der Waals surface area contributed by atoms with Gasteiger partial charge in [0.2, 0.25) is 0 Å². The van der Waals surface area contributed by atoms with Crippen LogP contribution >= 0.6 is 0 Å². The summed E-state index contributed by atoms with van der Waals surface area (Å²) in [6, 6.07) is 4.33. The van der Waals surface area contributed by atoms with Crippen LogP contribution in [0.25, 0.3) is 0 Å². The van der Waals surface area contributed by atoms with Crippen LogP contribution < -0.4 is 5.32 Å². The van der Waals surface area contributed by atoms with Gasteiger partial charge in [-0.05, 0) is 25.1 Å². The number of benzene rings is 1. The Labute approximate surface area is 132 Å². The molecule has 0 radical (unpaired) electrons. The van der Waals surface area contributed by atoms with Gasteiger partial charge in [0.1, 0.15) is 5.69 Å². The minimum Gasteiger partial charge on any atom is -0.321 e. The molecule has 24 heavy (non-hydrogen) atoms. The van der Waals surface area contributed by atoms with Crippen molar-refractivity contribution in [3.63, 3.8) is 0 Å². The van der Waals surface area contributed by atoms with Gasteiger partial charge in [0.05, 0.1) is 5.56 Å². The third kappa shape index (κ3) is 3.87. The second-order valence-corrected chi connectivity index (χ2v) is 4.76. The highest BCUT2D eigenvalue weighted by Crippen LogP contribution is 2.31. The Morgan fingerprint density at radius 2 is 1.79 bits per heavy atom. The third-order valence-electron chi connectivity index (χ3n) is 3.05. The van der Waals surface area contributed by atoms with Crippen LogP contribution in [0, 0.1) is 0 Å². The smallest absolute Gasteiger partial charge is 0.321 e. The molecule has 4 nitrogen and oxygen atoms in total. The molecular weight excluding hydrogens is 340 g/mol. The molecule has 0 fully saturated rings. The van der Waals surface area contributed by atoms with E-state index in [1.165, 1.54) is 13.0 Å². The summed E-state index contributed by atoms with van der Waals surface area (Å²) in [5.74, 6) is -0.987. The van der Waals surface area contributed by atoms with Crippen LogP contribution in [0.2, 0.25) is 0 Å². The molecule has 2 aromatic rings. The number of nitrogens with zero attached hydrogens (tertiary/aromatic N) is 2. The van der Waals surface area contributed by atoms with Crippen LogP contribution in [-0.2, 0) is 18.9 Å². The van der Waals surface area contributed by atoms with Gasteiger partial charge in [-0.1, -0.05) is 6.07 Å². The van der Waals surface area contributed by atoms with Crippen molar-refractivity contribution in [2.24, 2.45) is 0 Å². The molecule has 0 spiro atoms. The minimum atomic E-state index is -4.73. The van der Waals surface area contributed by atoms with Crippen molar-refractivity contribution in [3.05, 3.63) is 47.3 Å². The normalized spacial score (nSPS) is 12.3. The number of hydrogen-bond acceptors (Lipinski definition) is 2. The van der Waals surface area contributed by atoms with E-state index in [2.05, 4.69) is 10.4 Å². The Morgan fingerprint density at radius 1 is 1.12 bits per heavy atom. The molecule has 0 bridgehead atoms. The maximum Gasteiger partial charge on any atom is 0.435 e. The van der Waals surface area contributed by atoms with E-state index in [4.69, 9.17) is 0 Å². The highest BCUT2D eigenvalue weighted by Gasteiger charge is 2.36. The molecule has 0 saturated heterocycles. The molecule has 1 N–H and O–H groups in total. The highest BCUT2D eigenvalue weighted by molar-refractivity contribution is 6.03. The summed E-state index contributed by atoms with van der Waals surface area (Å²) in [7, 11) is 0. The van der Waals surface area contributed by atoms with Crippen LogP contribution in [0.3, 0.4) is 0 Å². The fourth-order valence-electron chi connectivity index (χ4n) is 1.95. The number of amides is 1. The Balaban J connectivity index is 2.29. The molecule has 0 aliphatic rings. The second-order valence-electron chi connectivity index (χ2n) is 4.76. The molecule has 0 atom stereocenters. The molecule has 2 rings (SSSR count). The molecular formula is C14H11F6N3O. The lowest BCUT2D eigenvalue weighted by molar-refractivity contribution is -0.141. The summed E-state index contributed by atoms with van der Waals surface area (Å²) in [5, 5.41) is 5.41. The topological polar surface area (TPSA) is 46.9 Å². The number of rotatable bonds is 3. The number of carbonyl (C=O) groups excluding carboxylic acids is 1. The predicted octanol–water partition coefficient (Wildman–Crippen LogP) is 4.19. The largest absolute Gasteiger partial charge is 0.435 e. The Kier molecular flexibility index (Phi) is 4.59. The average Bonchev–Trinajstić information content (AvgIpc) is 2.91. The van der Waals surface area contributed by atoms with Gasteiger partial charge in [-0.15, -0.1) is 0 Å². The molecule has 0 saturated carbocycles. The molecule has 1 heterocycles. The minimum absolute atomic E-state index is 0.0125. The first-order valence-electron chi connectivity index (χ1n) is 6.66. The molecule has 10 heteroatoms. The lowest BCUT2D eigenvalue weighted by Crippen LogP contribution is -2.17. The lowest BCUT2D eigenvalue weighted by atomic mass is 10.2. The van der Waals surface area contributed by atoms with Gasteiger partial charge in [-0.25, -0.2) is 0 Å². The first kappa shape index (κ1) is 17.8. The van der Waals surface area contributed by atoms with Crippen molar-refractivity contribution in [2.75, 3.05) is 5.32 Å². The second kappa shape index (κ2) is 6.17. The van der Waals surface area contributed by atoms with Crippen molar-refractivity contribution in [2.45, 2.75) is 25.8 Å². The van der Waals surface area contributed by atoms with E-state index >= 15 is 0 Å². The fourth-order valence-corrected chi connectivity index (χ4v) is 1.95. The van der Waals surface area contributed by atoms with Gasteiger partial charge in [0.25, 0.3) is 5.91 Å². The van der Waals surface area contributed by atoms with Gasteiger partial charge in [-0.3, -0.25) is 9.48 Å². The summed E-state index contributed by atoms with van der Waals surface area (Å²) in [6.45, 7) is 1.47. The zero-order valence-electron chi connectivity index (χ0n) is 12.2. The molecule has 1 aromatic carbocycles. The van der Waals surface area contributed by atoms with Crippen molar-refractivity contribution in [1.82, 2.24) is 9.78 Å². The van der Waals surface area contributed by atoms with E-state index in [0.29, 0.717) is 12.1 Å². The summed E-state index contributed by atoms with van der Waals surface area (Å²) >= 11 is 0. The van der Waals surface area contributed by atoms with Gasteiger partial charge in [0.15, 0.2) is 5.69 Å². The summed E-state index contributed by atoms with van der Waals surface area (Å²) in [6.07, 6.45) is -9.33. The maximum atomic E-state index is 12.7. The van der Waals surface area contributed by atoms with E-state index < -0.39 is 35.2 Å².